The number of benzene rings is 1. The van der Waals surface area contributed by atoms with Crippen molar-refractivity contribution >= 4 is 32.1 Å². The monoisotopic (exact) mass is 318 g/mol. The van der Waals surface area contributed by atoms with Gasteiger partial charge in [0.2, 0.25) is 0 Å². The lowest BCUT2D eigenvalue weighted by Crippen LogP contribution is -2.17. The summed E-state index contributed by atoms with van der Waals surface area (Å²) in [5.74, 6) is 0.756. The van der Waals surface area contributed by atoms with E-state index in [9.17, 15) is 13.2 Å². The van der Waals surface area contributed by atoms with E-state index in [1.54, 1.807) is 18.2 Å². The molecule has 0 aliphatic carbocycles. The van der Waals surface area contributed by atoms with Crippen LogP contribution in [0.25, 0.3) is 0 Å². The molecule has 1 atom stereocenters. The lowest BCUT2D eigenvalue weighted by atomic mass is 10.2. The molecule has 1 aromatic carbocycles. The third-order valence-electron chi connectivity index (χ3n) is 2.59. The van der Waals surface area contributed by atoms with E-state index in [0.29, 0.717) is 22.2 Å². The molecular formula is C11H11BrO4S. The summed E-state index contributed by atoms with van der Waals surface area (Å²) < 4.78 is 28.8. The van der Waals surface area contributed by atoms with Crippen LogP contribution in [-0.4, -0.2) is 32.3 Å². The molecule has 92 valence electrons. The zero-order valence-corrected chi connectivity index (χ0v) is 11.3. The molecule has 17 heavy (non-hydrogen) atoms. The summed E-state index contributed by atoms with van der Waals surface area (Å²) in [4.78, 5) is 10.7. The normalized spacial score (nSPS) is 22.3. The first-order valence-corrected chi connectivity index (χ1v) is 7.73. The summed E-state index contributed by atoms with van der Waals surface area (Å²) in [6.45, 7) is 0. The number of carbonyl (C=O) groups is 1. The highest BCUT2D eigenvalue weighted by molar-refractivity contribution is 9.10. The molecule has 1 aromatic rings. The lowest BCUT2D eigenvalue weighted by molar-refractivity contribution is 0.112. The zero-order chi connectivity index (χ0) is 12.5. The number of hydrogen-bond donors (Lipinski definition) is 0. The van der Waals surface area contributed by atoms with Crippen LogP contribution in [0, 0.1) is 0 Å². The van der Waals surface area contributed by atoms with Gasteiger partial charge in [0.15, 0.2) is 16.1 Å². The molecule has 1 aliphatic heterocycles. The van der Waals surface area contributed by atoms with Crippen LogP contribution in [0.1, 0.15) is 16.8 Å². The molecule has 0 bridgehead atoms. The fraction of sp³-hybridized carbons (Fsp3) is 0.364. The van der Waals surface area contributed by atoms with E-state index >= 15 is 0 Å². The molecular weight excluding hydrogens is 308 g/mol. The van der Waals surface area contributed by atoms with E-state index in [-0.39, 0.29) is 17.6 Å². The number of sulfone groups is 1. The predicted octanol–water partition coefficient (Wildman–Crippen LogP) is 1.83. The van der Waals surface area contributed by atoms with Gasteiger partial charge >= 0.3 is 0 Å². The topological polar surface area (TPSA) is 60.4 Å². The minimum Gasteiger partial charge on any atom is -0.489 e. The molecule has 0 saturated carbocycles. The maximum atomic E-state index is 11.3. The Morgan fingerprint density at radius 2 is 2.18 bits per heavy atom. The average molecular weight is 319 g/mol. The Morgan fingerprint density at radius 1 is 1.41 bits per heavy atom. The number of carbonyl (C=O) groups excluding carboxylic acids is 1. The van der Waals surface area contributed by atoms with Crippen LogP contribution in [-0.2, 0) is 9.84 Å². The van der Waals surface area contributed by atoms with E-state index in [4.69, 9.17) is 4.74 Å². The SMILES string of the molecule is O=Cc1cc(OC2CCS(=O)(=O)C2)ccc1Br. The molecule has 0 radical (unpaired) electrons. The van der Waals surface area contributed by atoms with Gasteiger partial charge < -0.3 is 4.74 Å². The molecule has 1 heterocycles. The van der Waals surface area contributed by atoms with Gasteiger partial charge in [0.05, 0.1) is 11.5 Å². The summed E-state index contributed by atoms with van der Waals surface area (Å²) >= 11 is 3.24. The van der Waals surface area contributed by atoms with Crippen molar-refractivity contribution < 1.29 is 17.9 Å². The van der Waals surface area contributed by atoms with Gasteiger partial charge in [-0.1, -0.05) is 15.9 Å². The van der Waals surface area contributed by atoms with Crippen molar-refractivity contribution in [1.29, 1.82) is 0 Å². The molecule has 4 nitrogen and oxygen atoms in total. The number of hydrogen-bond acceptors (Lipinski definition) is 4. The first-order chi connectivity index (χ1) is 8.00. The van der Waals surface area contributed by atoms with E-state index in [2.05, 4.69) is 15.9 Å². The molecule has 0 N–H and O–H groups in total. The molecule has 2 rings (SSSR count). The molecule has 6 heteroatoms. The second-order valence-electron chi connectivity index (χ2n) is 3.94. The van der Waals surface area contributed by atoms with Crippen molar-refractivity contribution in [1.82, 2.24) is 0 Å². The Labute approximate surface area is 108 Å². The minimum absolute atomic E-state index is 0.0550. The molecule has 1 fully saturated rings. The summed E-state index contributed by atoms with van der Waals surface area (Å²) in [6, 6.07) is 5.02. The Morgan fingerprint density at radius 3 is 2.76 bits per heavy atom. The minimum atomic E-state index is -2.94. The van der Waals surface area contributed by atoms with Crippen LogP contribution in [0.5, 0.6) is 5.75 Å². The standard InChI is InChI=1S/C11H11BrO4S/c12-11-2-1-9(5-8(11)6-13)16-10-3-4-17(14,15)7-10/h1-2,5-6,10H,3-4,7H2. The number of rotatable bonds is 3. The van der Waals surface area contributed by atoms with E-state index in [1.165, 1.54) is 0 Å². The lowest BCUT2D eigenvalue weighted by Gasteiger charge is -2.12. The number of aldehydes is 1. The fourth-order valence-corrected chi connectivity index (χ4v) is 3.66. The highest BCUT2D eigenvalue weighted by Gasteiger charge is 2.29. The molecule has 0 aromatic heterocycles. The summed E-state index contributed by atoms with van der Waals surface area (Å²) in [5, 5.41) is 0. The van der Waals surface area contributed by atoms with Crippen molar-refractivity contribution in [3.05, 3.63) is 28.2 Å². The zero-order valence-electron chi connectivity index (χ0n) is 8.93. The molecule has 1 aliphatic rings. The molecule has 0 spiro atoms. The summed E-state index contributed by atoms with van der Waals surface area (Å²) in [7, 11) is -2.94. The smallest absolute Gasteiger partial charge is 0.154 e. The predicted molar refractivity (Wildman–Crippen MR) is 67.2 cm³/mol. The van der Waals surface area contributed by atoms with Gasteiger partial charge in [0.25, 0.3) is 0 Å². The van der Waals surface area contributed by atoms with Crippen molar-refractivity contribution in [3.63, 3.8) is 0 Å². The number of ether oxygens (including phenoxy) is 1. The Bertz CT molecular complexity index is 538. The average Bonchev–Trinajstić information content (AvgIpc) is 2.61. The van der Waals surface area contributed by atoms with Crippen molar-refractivity contribution in [2.45, 2.75) is 12.5 Å². The Balaban J connectivity index is 2.12. The van der Waals surface area contributed by atoms with Gasteiger partial charge in [-0.15, -0.1) is 0 Å². The van der Waals surface area contributed by atoms with E-state index < -0.39 is 9.84 Å². The maximum Gasteiger partial charge on any atom is 0.154 e. The van der Waals surface area contributed by atoms with Crippen LogP contribution < -0.4 is 4.74 Å². The molecule has 1 unspecified atom stereocenters. The third kappa shape index (κ3) is 3.07. The highest BCUT2D eigenvalue weighted by Crippen LogP contribution is 2.24. The number of halogens is 1. The van der Waals surface area contributed by atoms with Gasteiger partial charge in [-0.2, -0.15) is 0 Å². The third-order valence-corrected chi connectivity index (χ3v) is 5.05. The van der Waals surface area contributed by atoms with Gasteiger partial charge in [-0.25, -0.2) is 8.42 Å². The van der Waals surface area contributed by atoms with Gasteiger partial charge in [0, 0.05) is 10.0 Å². The van der Waals surface area contributed by atoms with Gasteiger partial charge in [-0.05, 0) is 24.6 Å². The van der Waals surface area contributed by atoms with E-state index in [0.717, 1.165) is 6.29 Å². The summed E-state index contributed by atoms with van der Waals surface area (Å²) in [5.41, 5.74) is 0.489. The van der Waals surface area contributed by atoms with Gasteiger partial charge in [-0.3, -0.25) is 4.79 Å². The fourth-order valence-electron chi connectivity index (χ4n) is 1.73. The largest absolute Gasteiger partial charge is 0.489 e. The van der Waals surface area contributed by atoms with E-state index in [1.807, 2.05) is 0 Å². The quantitative estimate of drug-likeness (QED) is 0.798. The van der Waals surface area contributed by atoms with Crippen LogP contribution >= 0.6 is 15.9 Å². The molecule has 1 saturated heterocycles. The van der Waals surface area contributed by atoms with Crippen LogP contribution in [0.15, 0.2) is 22.7 Å². The first kappa shape index (κ1) is 12.6. The molecule has 0 amide bonds. The van der Waals surface area contributed by atoms with Crippen molar-refractivity contribution in [2.24, 2.45) is 0 Å². The second kappa shape index (κ2) is 4.78. The Hall–Kier alpha value is -0.880. The Kier molecular flexibility index (Phi) is 3.53. The maximum absolute atomic E-state index is 11.3. The van der Waals surface area contributed by atoms with Gasteiger partial charge in [0.1, 0.15) is 11.9 Å². The van der Waals surface area contributed by atoms with Crippen molar-refractivity contribution in [2.75, 3.05) is 11.5 Å². The second-order valence-corrected chi connectivity index (χ2v) is 7.03. The first-order valence-electron chi connectivity index (χ1n) is 5.12. The highest BCUT2D eigenvalue weighted by atomic mass is 79.9. The van der Waals surface area contributed by atoms with Crippen LogP contribution in [0.2, 0.25) is 0 Å². The summed E-state index contributed by atoms with van der Waals surface area (Å²) in [6.07, 6.45) is 0.928. The van der Waals surface area contributed by atoms with Crippen LogP contribution in [0.4, 0.5) is 0 Å². The van der Waals surface area contributed by atoms with Crippen molar-refractivity contribution in [3.8, 4) is 5.75 Å². The van der Waals surface area contributed by atoms with Crippen LogP contribution in [0.3, 0.4) is 0 Å².